The number of rotatable bonds is 17. The number of nitrogens with zero attached hydrogens (tertiary/aromatic N) is 1. The van der Waals surface area contributed by atoms with Crippen LogP contribution in [0.4, 0.5) is 5.69 Å². The maximum Gasteiger partial charge on any atom is 0.294 e. The molecule has 1 aliphatic rings. The van der Waals surface area contributed by atoms with Crippen molar-refractivity contribution in [3.8, 4) is 0 Å². The first kappa shape index (κ1) is 39.5. The normalized spacial score (nSPS) is 19.2. The topological polar surface area (TPSA) is 185 Å². The van der Waals surface area contributed by atoms with E-state index in [0.29, 0.717) is 61.4 Å². The number of hydrogen-bond donors (Lipinski definition) is 3. The Balaban J connectivity index is 2.15. The van der Waals surface area contributed by atoms with E-state index in [2.05, 4.69) is 6.58 Å². The predicted molar refractivity (Wildman–Crippen MR) is 184 cm³/mol. The summed E-state index contributed by atoms with van der Waals surface area (Å²) >= 11 is 0. The third-order valence-corrected chi connectivity index (χ3v) is 11.5. The van der Waals surface area contributed by atoms with Crippen LogP contribution in [0.25, 0.3) is 0 Å². The molecule has 0 radical (unpaired) electrons. The Morgan fingerprint density at radius 2 is 1.54 bits per heavy atom. The van der Waals surface area contributed by atoms with Gasteiger partial charge in [-0.25, -0.2) is 0 Å². The second kappa shape index (κ2) is 15.3. The first-order valence-electron chi connectivity index (χ1n) is 15.2. The van der Waals surface area contributed by atoms with Crippen molar-refractivity contribution in [3.05, 3.63) is 89.2 Å². The average molecular weight is 728 g/mol. The Labute approximate surface area is 284 Å². The highest BCUT2D eigenvalue weighted by molar-refractivity contribution is 7.86. The fraction of sp³-hybridized carbons (Fsp3) is 0.455. The van der Waals surface area contributed by atoms with Crippen LogP contribution in [0.2, 0.25) is 0 Å². The van der Waals surface area contributed by atoms with E-state index in [0.717, 1.165) is 11.3 Å². The van der Waals surface area contributed by atoms with Crippen molar-refractivity contribution in [2.75, 3.05) is 44.6 Å². The van der Waals surface area contributed by atoms with E-state index in [-0.39, 0.29) is 16.2 Å². The predicted octanol–water partition coefficient (Wildman–Crippen LogP) is 5.26. The van der Waals surface area contributed by atoms with Gasteiger partial charge in [-0.15, -0.1) is 0 Å². The number of benzene rings is 2. The molecule has 2 unspecified atom stereocenters. The van der Waals surface area contributed by atoms with Gasteiger partial charge in [0.15, 0.2) is 0 Å². The molecular weight excluding hydrogens is 683 g/mol. The summed E-state index contributed by atoms with van der Waals surface area (Å²) in [6, 6.07) is 8.75. The van der Waals surface area contributed by atoms with E-state index in [1.807, 2.05) is 31.7 Å². The molecule has 0 saturated carbocycles. The van der Waals surface area contributed by atoms with Gasteiger partial charge in [-0.2, -0.15) is 25.3 Å². The van der Waals surface area contributed by atoms with Crippen LogP contribution in [-0.4, -0.2) is 78.6 Å². The molecule has 0 fully saturated rings. The number of aryl methyl sites for hydroxylation is 1. The van der Waals surface area contributed by atoms with E-state index < -0.39 is 46.9 Å². The second-order valence-corrected chi connectivity index (χ2v) is 16.8. The van der Waals surface area contributed by atoms with E-state index in [9.17, 15) is 38.9 Å². The highest BCUT2D eigenvalue weighted by Crippen LogP contribution is 2.51. The number of allylic oxidation sites excluding steroid dienone is 5. The lowest BCUT2D eigenvalue weighted by atomic mass is 9.72. The summed E-state index contributed by atoms with van der Waals surface area (Å²) in [5, 5.41) is 0. The summed E-state index contributed by atoms with van der Waals surface area (Å²) in [4.78, 5) is 1.46. The van der Waals surface area contributed by atoms with Crippen LogP contribution < -0.4 is 4.90 Å². The van der Waals surface area contributed by atoms with Crippen LogP contribution >= 0.6 is 0 Å². The molecule has 3 N–H and O–H groups in total. The fourth-order valence-corrected chi connectivity index (χ4v) is 7.79. The summed E-state index contributed by atoms with van der Waals surface area (Å²) in [6.45, 7) is 11.0. The van der Waals surface area contributed by atoms with E-state index in [4.69, 9.17) is 9.47 Å². The van der Waals surface area contributed by atoms with E-state index in [1.54, 1.807) is 38.5 Å². The van der Waals surface area contributed by atoms with Gasteiger partial charge in [-0.1, -0.05) is 38.1 Å². The molecule has 12 nitrogen and oxygen atoms in total. The van der Waals surface area contributed by atoms with E-state index in [1.165, 1.54) is 24.3 Å². The average Bonchev–Trinajstić information content (AvgIpc) is 3.22. The third kappa shape index (κ3) is 9.21. The molecule has 2 aromatic rings. The standard InChI is InChI=1S/C33H45NO11S3/c1-24-12-13-26(47(38,39)40)22-28(24)32(3,17-19-44-5)25(2)10-9-11-31-33(4,16-7-8-21-46(35,36)37)29-23-27(48(41,42)43)14-15-30(29)34(31)18-20-45-6/h9-15,22-23H,2,7-8,16-21H2,1,3-6H3,(H,35,36,37)(H,38,39,40)(H,41,42,43)/b10-9+,31-11+. The zero-order valence-electron chi connectivity index (χ0n) is 27.8. The number of hydrogen-bond acceptors (Lipinski definition) is 9. The summed E-state index contributed by atoms with van der Waals surface area (Å²) in [5.74, 6) is -0.425. The molecule has 1 aliphatic heterocycles. The summed E-state index contributed by atoms with van der Waals surface area (Å²) in [7, 11) is -10.1. The maximum absolute atomic E-state index is 12.1. The first-order chi connectivity index (χ1) is 22.2. The number of unbranched alkanes of at least 4 members (excludes halogenated alkanes) is 1. The van der Waals surface area contributed by atoms with Crippen LogP contribution in [0.15, 0.2) is 82.3 Å². The highest BCUT2D eigenvalue weighted by atomic mass is 32.2. The highest BCUT2D eigenvalue weighted by Gasteiger charge is 2.43. The van der Waals surface area contributed by atoms with Crippen LogP contribution in [0.3, 0.4) is 0 Å². The maximum atomic E-state index is 12.1. The molecule has 0 saturated heterocycles. The number of methoxy groups -OCH3 is 2. The monoisotopic (exact) mass is 727 g/mol. The lowest BCUT2D eigenvalue weighted by Crippen LogP contribution is -2.31. The SMILES string of the molecule is C=C(/C=C/C=C1/N(CCOC)c2ccc(S(=O)(=O)O)cc2C1(C)CCCCS(=O)(=O)O)C(C)(CCOC)c1cc(S(=O)(=O)O)ccc1C. The van der Waals surface area contributed by atoms with Crippen molar-refractivity contribution in [2.24, 2.45) is 0 Å². The molecule has 3 rings (SSSR count). The molecule has 1 heterocycles. The Kier molecular flexibility index (Phi) is 12.6. The lowest BCUT2D eigenvalue weighted by molar-refractivity contribution is 0.178. The first-order valence-corrected chi connectivity index (χ1v) is 19.7. The van der Waals surface area contributed by atoms with Crippen LogP contribution in [0, 0.1) is 6.92 Å². The minimum absolute atomic E-state index is 0.166. The van der Waals surface area contributed by atoms with E-state index >= 15 is 0 Å². The van der Waals surface area contributed by atoms with Crippen LogP contribution in [0.5, 0.6) is 0 Å². The number of ether oxygens (including phenoxy) is 2. The molecule has 0 spiro atoms. The van der Waals surface area contributed by atoms with Crippen molar-refractivity contribution in [1.29, 1.82) is 0 Å². The van der Waals surface area contributed by atoms with Crippen LogP contribution in [-0.2, 0) is 50.7 Å². The van der Waals surface area contributed by atoms with Crippen molar-refractivity contribution in [1.82, 2.24) is 0 Å². The van der Waals surface area contributed by atoms with Crippen molar-refractivity contribution in [3.63, 3.8) is 0 Å². The van der Waals surface area contributed by atoms with Gasteiger partial charge < -0.3 is 14.4 Å². The molecule has 15 heteroatoms. The van der Waals surface area contributed by atoms with Crippen LogP contribution in [0.1, 0.15) is 56.2 Å². The minimum atomic E-state index is -4.53. The zero-order valence-corrected chi connectivity index (χ0v) is 30.3. The molecule has 0 amide bonds. The van der Waals surface area contributed by atoms with Gasteiger partial charge in [0.2, 0.25) is 0 Å². The molecule has 48 heavy (non-hydrogen) atoms. The quantitative estimate of drug-likeness (QED) is 0.109. The molecule has 0 bridgehead atoms. The van der Waals surface area contributed by atoms with Crippen molar-refractivity contribution in [2.45, 2.75) is 67.1 Å². The Bertz CT molecular complexity index is 1900. The Morgan fingerprint density at radius 3 is 2.12 bits per heavy atom. The fourth-order valence-electron chi connectivity index (χ4n) is 6.21. The Hall–Kier alpha value is -2.89. The number of anilines is 1. The van der Waals surface area contributed by atoms with Gasteiger partial charge in [-0.3, -0.25) is 13.7 Å². The largest absolute Gasteiger partial charge is 0.385 e. The smallest absolute Gasteiger partial charge is 0.294 e. The number of fused-ring (bicyclic) bond motifs is 1. The summed E-state index contributed by atoms with van der Waals surface area (Å²) in [6.07, 6.45) is 6.79. The third-order valence-electron chi connectivity index (χ3n) is 9.02. The molecule has 2 atom stereocenters. The van der Waals surface area contributed by atoms with Gasteiger partial charge in [0.05, 0.1) is 22.2 Å². The second-order valence-electron chi connectivity index (χ2n) is 12.3. The molecule has 0 aromatic heterocycles. The lowest BCUT2D eigenvalue weighted by Gasteiger charge is -2.33. The van der Waals surface area contributed by atoms with Gasteiger partial charge in [0.1, 0.15) is 0 Å². The van der Waals surface area contributed by atoms with Gasteiger partial charge >= 0.3 is 0 Å². The van der Waals surface area contributed by atoms with Gasteiger partial charge in [0, 0.05) is 49.6 Å². The summed E-state index contributed by atoms with van der Waals surface area (Å²) in [5.41, 5.74) is 2.45. The van der Waals surface area contributed by atoms with Crippen molar-refractivity contribution < 1.29 is 48.4 Å². The molecule has 2 aromatic carbocycles. The zero-order chi connectivity index (χ0) is 36.1. The van der Waals surface area contributed by atoms with Gasteiger partial charge in [0.25, 0.3) is 30.4 Å². The molecule has 0 aliphatic carbocycles. The van der Waals surface area contributed by atoms with Gasteiger partial charge in [-0.05, 0) is 91.8 Å². The summed E-state index contributed by atoms with van der Waals surface area (Å²) < 4.78 is 111. The van der Waals surface area contributed by atoms with Crippen molar-refractivity contribution >= 4 is 36.0 Å². The molecular formula is C33H45NO11S3. The minimum Gasteiger partial charge on any atom is -0.385 e. The molecule has 266 valence electrons. The Morgan fingerprint density at radius 1 is 0.938 bits per heavy atom.